The minimum Gasteiger partial charge on any atom is -0.496 e. The van der Waals surface area contributed by atoms with Crippen molar-refractivity contribution in [3.8, 4) is 11.5 Å². The minimum atomic E-state index is 0.546. The number of fused-ring (bicyclic) bond motifs is 1. The predicted molar refractivity (Wildman–Crippen MR) is 88.5 cm³/mol. The second-order valence-electron chi connectivity index (χ2n) is 5.07. The monoisotopic (exact) mass is 294 g/mol. The number of methoxy groups -OCH3 is 2. The first-order valence-corrected chi connectivity index (χ1v) is 7.06. The van der Waals surface area contributed by atoms with Crippen LogP contribution in [0.15, 0.2) is 48.7 Å². The first-order chi connectivity index (χ1) is 10.7. The highest BCUT2D eigenvalue weighted by Crippen LogP contribution is 2.33. The van der Waals surface area contributed by atoms with Crippen molar-refractivity contribution in [1.29, 1.82) is 0 Å². The summed E-state index contributed by atoms with van der Waals surface area (Å²) in [6.07, 6.45) is 2.36. The van der Waals surface area contributed by atoms with E-state index in [1.54, 1.807) is 20.4 Å². The predicted octanol–water partition coefficient (Wildman–Crippen LogP) is 3.43. The molecule has 112 valence electrons. The second-order valence-corrected chi connectivity index (χ2v) is 5.07. The maximum atomic E-state index is 5.95. The fraction of sp³-hybridized carbons (Fsp3) is 0.167. The lowest BCUT2D eigenvalue weighted by atomic mass is 10.00. The number of hydrogen-bond donors (Lipinski definition) is 1. The lowest BCUT2D eigenvalue weighted by Gasteiger charge is -2.13. The van der Waals surface area contributed by atoms with Crippen molar-refractivity contribution >= 4 is 16.6 Å². The molecule has 0 unspecified atom stereocenters. The van der Waals surface area contributed by atoms with Crippen LogP contribution in [-0.4, -0.2) is 19.2 Å². The molecule has 0 aliphatic rings. The number of pyridine rings is 1. The molecule has 0 amide bonds. The van der Waals surface area contributed by atoms with Gasteiger partial charge < -0.3 is 15.2 Å². The van der Waals surface area contributed by atoms with Gasteiger partial charge in [-0.25, -0.2) is 4.98 Å². The van der Waals surface area contributed by atoms with Crippen molar-refractivity contribution < 1.29 is 9.47 Å². The molecule has 2 aromatic carbocycles. The third-order valence-electron chi connectivity index (χ3n) is 3.77. The van der Waals surface area contributed by atoms with Gasteiger partial charge in [-0.3, -0.25) is 0 Å². The van der Waals surface area contributed by atoms with Gasteiger partial charge in [-0.15, -0.1) is 0 Å². The van der Waals surface area contributed by atoms with Gasteiger partial charge in [-0.2, -0.15) is 0 Å². The number of benzene rings is 2. The van der Waals surface area contributed by atoms with Gasteiger partial charge in [0.25, 0.3) is 0 Å². The molecule has 1 heterocycles. The number of hydrogen-bond acceptors (Lipinski definition) is 4. The molecule has 0 saturated carbocycles. The van der Waals surface area contributed by atoms with Crippen LogP contribution in [0.4, 0.5) is 5.82 Å². The average Bonchev–Trinajstić information content (AvgIpc) is 2.55. The molecule has 0 bridgehead atoms. The highest BCUT2D eigenvalue weighted by Gasteiger charge is 2.11. The van der Waals surface area contributed by atoms with E-state index in [1.165, 1.54) is 0 Å². The second kappa shape index (κ2) is 5.93. The van der Waals surface area contributed by atoms with Crippen LogP contribution >= 0.6 is 0 Å². The van der Waals surface area contributed by atoms with E-state index in [9.17, 15) is 0 Å². The fourth-order valence-corrected chi connectivity index (χ4v) is 2.63. The topological polar surface area (TPSA) is 57.4 Å². The number of nitrogens with zero attached hydrogens (tertiary/aromatic N) is 1. The lowest BCUT2D eigenvalue weighted by Crippen LogP contribution is -2.00. The number of nitrogens with two attached hydrogens (primary N) is 1. The summed E-state index contributed by atoms with van der Waals surface area (Å²) in [5.41, 5.74) is 7.99. The van der Waals surface area contributed by atoms with Crippen molar-refractivity contribution in [3.63, 3.8) is 0 Å². The van der Waals surface area contributed by atoms with Gasteiger partial charge in [0.05, 0.1) is 14.2 Å². The van der Waals surface area contributed by atoms with Crippen molar-refractivity contribution in [1.82, 2.24) is 4.98 Å². The molecule has 2 N–H and O–H groups in total. The van der Waals surface area contributed by atoms with Gasteiger partial charge in [0.1, 0.15) is 17.3 Å². The van der Waals surface area contributed by atoms with Gasteiger partial charge in [0, 0.05) is 18.0 Å². The van der Waals surface area contributed by atoms with Crippen LogP contribution < -0.4 is 15.2 Å². The summed E-state index contributed by atoms with van der Waals surface area (Å²) in [4.78, 5) is 4.14. The highest BCUT2D eigenvalue weighted by atomic mass is 16.5. The van der Waals surface area contributed by atoms with Crippen LogP contribution in [0.2, 0.25) is 0 Å². The van der Waals surface area contributed by atoms with Gasteiger partial charge in [-0.1, -0.05) is 18.2 Å². The average molecular weight is 294 g/mol. The summed E-state index contributed by atoms with van der Waals surface area (Å²) in [7, 11) is 3.36. The fourth-order valence-electron chi connectivity index (χ4n) is 2.63. The Morgan fingerprint density at radius 1 is 0.955 bits per heavy atom. The Bertz CT molecular complexity index is 815. The highest BCUT2D eigenvalue weighted by molar-refractivity contribution is 5.90. The number of nitrogen functional groups attached to an aromatic ring is 1. The maximum absolute atomic E-state index is 5.95. The third kappa shape index (κ3) is 2.55. The van der Waals surface area contributed by atoms with Crippen molar-refractivity contribution in [2.75, 3.05) is 20.0 Å². The standard InChI is InChI=1S/C18H18N2O2/c1-21-16-7-3-5-12-11-17(22-2)14(10-15(12)16)9-13-6-4-8-20-18(13)19/h3-8,10-11H,9H2,1-2H3,(H2,19,20). The summed E-state index contributed by atoms with van der Waals surface area (Å²) < 4.78 is 11.0. The van der Waals surface area contributed by atoms with E-state index in [4.69, 9.17) is 15.2 Å². The third-order valence-corrected chi connectivity index (χ3v) is 3.77. The molecule has 22 heavy (non-hydrogen) atoms. The van der Waals surface area contributed by atoms with Crippen LogP contribution in [0.5, 0.6) is 11.5 Å². The Labute approximate surface area is 129 Å². The molecule has 0 aliphatic heterocycles. The summed E-state index contributed by atoms with van der Waals surface area (Å²) in [5.74, 6) is 2.23. The lowest BCUT2D eigenvalue weighted by molar-refractivity contribution is 0.410. The van der Waals surface area contributed by atoms with Crippen LogP contribution in [0.25, 0.3) is 10.8 Å². The normalized spacial score (nSPS) is 10.6. The number of aromatic nitrogens is 1. The first kappa shape index (κ1) is 14.2. The van der Waals surface area contributed by atoms with E-state index >= 15 is 0 Å². The van der Waals surface area contributed by atoms with Crippen molar-refractivity contribution in [3.05, 3.63) is 59.8 Å². The largest absolute Gasteiger partial charge is 0.496 e. The molecule has 0 atom stereocenters. The SMILES string of the molecule is COc1cc2cccc(OC)c2cc1Cc1cccnc1N. The molecule has 3 rings (SSSR count). The summed E-state index contributed by atoms with van der Waals surface area (Å²) >= 11 is 0. The number of rotatable bonds is 4. The Morgan fingerprint density at radius 2 is 1.77 bits per heavy atom. The molecule has 0 saturated heterocycles. The Kier molecular flexibility index (Phi) is 3.83. The molecule has 0 spiro atoms. The summed E-state index contributed by atoms with van der Waals surface area (Å²) in [6.45, 7) is 0. The Balaban J connectivity index is 2.13. The van der Waals surface area contributed by atoms with Crippen LogP contribution in [0, 0.1) is 0 Å². The van der Waals surface area contributed by atoms with Crippen LogP contribution in [0.1, 0.15) is 11.1 Å². The van der Waals surface area contributed by atoms with Gasteiger partial charge >= 0.3 is 0 Å². The first-order valence-electron chi connectivity index (χ1n) is 7.06. The van der Waals surface area contributed by atoms with E-state index in [2.05, 4.69) is 11.1 Å². The molecule has 4 nitrogen and oxygen atoms in total. The Morgan fingerprint density at radius 3 is 2.50 bits per heavy atom. The molecular weight excluding hydrogens is 276 g/mol. The number of ether oxygens (including phenoxy) is 2. The van der Waals surface area contributed by atoms with Crippen LogP contribution in [0.3, 0.4) is 0 Å². The smallest absolute Gasteiger partial charge is 0.126 e. The van der Waals surface area contributed by atoms with E-state index in [-0.39, 0.29) is 0 Å². The van der Waals surface area contributed by atoms with Crippen molar-refractivity contribution in [2.45, 2.75) is 6.42 Å². The quantitative estimate of drug-likeness (QED) is 0.801. The van der Waals surface area contributed by atoms with E-state index in [0.29, 0.717) is 12.2 Å². The minimum absolute atomic E-state index is 0.546. The molecule has 4 heteroatoms. The molecule has 0 fully saturated rings. The van der Waals surface area contributed by atoms with Gasteiger partial charge in [0.15, 0.2) is 0 Å². The van der Waals surface area contributed by atoms with E-state index in [0.717, 1.165) is 33.4 Å². The van der Waals surface area contributed by atoms with Crippen molar-refractivity contribution in [2.24, 2.45) is 0 Å². The summed E-state index contributed by atoms with van der Waals surface area (Å²) in [5, 5.41) is 2.14. The van der Waals surface area contributed by atoms with Crippen LogP contribution in [-0.2, 0) is 6.42 Å². The summed E-state index contributed by atoms with van der Waals surface area (Å²) in [6, 6.07) is 14.0. The van der Waals surface area contributed by atoms with Gasteiger partial charge in [0.2, 0.25) is 0 Å². The molecular formula is C18H18N2O2. The Hall–Kier alpha value is -2.75. The van der Waals surface area contributed by atoms with E-state index in [1.807, 2.05) is 36.4 Å². The molecule has 1 aromatic heterocycles. The molecule has 0 aliphatic carbocycles. The zero-order chi connectivity index (χ0) is 15.5. The molecule has 0 radical (unpaired) electrons. The van der Waals surface area contributed by atoms with Gasteiger partial charge in [-0.05, 0) is 40.8 Å². The zero-order valence-corrected chi connectivity index (χ0v) is 12.7. The maximum Gasteiger partial charge on any atom is 0.126 e. The molecule has 3 aromatic rings. The zero-order valence-electron chi connectivity index (χ0n) is 12.7. The van der Waals surface area contributed by atoms with E-state index < -0.39 is 0 Å². The number of anilines is 1.